The third-order valence-electron chi connectivity index (χ3n) is 3.97. The summed E-state index contributed by atoms with van der Waals surface area (Å²) in [6.07, 6.45) is 0. The Bertz CT molecular complexity index is 990. The van der Waals surface area contributed by atoms with Crippen LogP contribution in [0.4, 0.5) is 0 Å². The summed E-state index contributed by atoms with van der Waals surface area (Å²) < 4.78 is 1.93. The number of amides is 1. The van der Waals surface area contributed by atoms with E-state index in [1.54, 1.807) is 16.8 Å². The maximum atomic E-state index is 12.6. The fourth-order valence-corrected chi connectivity index (χ4v) is 4.06. The molecule has 0 saturated heterocycles. The van der Waals surface area contributed by atoms with Gasteiger partial charge in [0.2, 0.25) is 5.91 Å². The molecule has 4 rings (SSSR count). The Morgan fingerprint density at radius 3 is 2.92 bits per heavy atom. The van der Waals surface area contributed by atoms with Crippen molar-refractivity contribution in [1.29, 1.82) is 0 Å². The number of rotatable bonds is 5. The lowest BCUT2D eigenvalue weighted by molar-refractivity contribution is -0.122. The average molecular weight is 368 g/mol. The maximum Gasteiger partial charge on any atom is 0.240 e. The minimum Gasteiger partial charge on any atom is -0.347 e. The van der Waals surface area contributed by atoms with Crippen LogP contribution in [0.15, 0.2) is 52.7 Å². The normalized spacial score (nSPS) is 12.4. The highest BCUT2D eigenvalue weighted by Crippen LogP contribution is 2.25. The molecule has 4 aromatic rings. The summed E-state index contributed by atoms with van der Waals surface area (Å²) in [5.41, 5.74) is 4.37. The zero-order valence-corrected chi connectivity index (χ0v) is 15.2. The van der Waals surface area contributed by atoms with Crippen LogP contribution in [-0.2, 0) is 11.3 Å². The lowest BCUT2D eigenvalue weighted by atomic mass is 10.2. The van der Waals surface area contributed by atoms with Gasteiger partial charge in [0.1, 0.15) is 12.2 Å². The largest absolute Gasteiger partial charge is 0.347 e. The van der Waals surface area contributed by atoms with Crippen molar-refractivity contribution in [2.75, 3.05) is 0 Å². The van der Waals surface area contributed by atoms with Gasteiger partial charge in [-0.2, -0.15) is 0 Å². The van der Waals surface area contributed by atoms with Crippen molar-refractivity contribution < 1.29 is 4.79 Å². The van der Waals surface area contributed by atoms with Crippen LogP contribution >= 0.6 is 22.7 Å². The van der Waals surface area contributed by atoms with Gasteiger partial charge in [-0.25, -0.2) is 9.97 Å². The van der Waals surface area contributed by atoms with Gasteiger partial charge in [-0.15, -0.1) is 22.7 Å². The Kier molecular flexibility index (Phi) is 4.33. The maximum absolute atomic E-state index is 12.6. The number of nitrogens with one attached hydrogen (secondary N) is 1. The van der Waals surface area contributed by atoms with Crippen LogP contribution in [0, 0.1) is 0 Å². The molecule has 1 atom stereocenters. The summed E-state index contributed by atoms with van der Waals surface area (Å²) in [5, 5.41) is 7.03. The Hall–Kier alpha value is -2.51. The van der Waals surface area contributed by atoms with Crippen molar-refractivity contribution in [3.05, 3.63) is 57.5 Å². The van der Waals surface area contributed by atoms with E-state index in [4.69, 9.17) is 0 Å². The molecule has 1 N–H and O–H groups in total. The summed E-state index contributed by atoms with van der Waals surface area (Å²) in [5.74, 6) is 0.682. The SMILES string of the molecule is CC(NC(=O)Cn1c(-c2cscn2)nc2ccccc21)c1cccs1. The first-order chi connectivity index (χ1) is 12.2. The van der Waals surface area contributed by atoms with Gasteiger partial charge in [0.25, 0.3) is 0 Å². The summed E-state index contributed by atoms with van der Waals surface area (Å²) >= 11 is 3.16. The number of carbonyl (C=O) groups is 1. The number of hydrogen-bond donors (Lipinski definition) is 1. The van der Waals surface area contributed by atoms with Crippen molar-refractivity contribution in [2.45, 2.75) is 19.5 Å². The molecule has 0 aliphatic rings. The first-order valence-corrected chi connectivity index (χ1v) is 9.71. The summed E-state index contributed by atoms with van der Waals surface area (Å²) in [7, 11) is 0. The Balaban J connectivity index is 1.64. The quantitative estimate of drug-likeness (QED) is 0.577. The number of aromatic nitrogens is 3. The number of para-hydroxylation sites is 2. The van der Waals surface area contributed by atoms with Gasteiger partial charge in [-0.05, 0) is 30.5 Å². The molecule has 1 aromatic carbocycles. The van der Waals surface area contributed by atoms with Gasteiger partial charge in [0.05, 0.1) is 22.6 Å². The van der Waals surface area contributed by atoms with E-state index in [-0.39, 0.29) is 18.5 Å². The van der Waals surface area contributed by atoms with E-state index in [2.05, 4.69) is 15.3 Å². The topological polar surface area (TPSA) is 59.8 Å². The van der Waals surface area contributed by atoms with Crippen LogP contribution in [-0.4, -0.2) is 20.4 Å². The molecular formula is C18H16N4OS2. The number of carbonyl (C=O) groups excluding carboxylic acids is 1. The van der Waals surface area contributed by atoms with Crippen molar-refractivity contribution in [2.24, 2.45) is 0 Å². The highest BCUT2D eigenvalue weighted by Gasteiger charge is 2.17. The summed E-state index contributed by atoms with van der Waals surface area (Å²) in [6, 6.07) is 11.9. The summed E-state index contributed by atoms with van der Waals surface area (Å²) in [4.78, 5) is 22.8. The number of nitrogens with zero attached hydrogens (tertiary/aromatic N) is 3. The lowest BCUT2D eigenvalue weighted by Gasteiger charge is -2.14. The number of imidazole rings is 1. The van der Waals surface area contributed by atoms with Gasteiger partial charge in [-0.3, -0.25) is 4.79 Å². The first-order valence-electron chi connectivity index (χ1n) is 7.89. The second kappa shape index (κ2) is 6.78. The van der Waals surface area contributed by atoms with E-state index in [0.717, 1.165) is 27.4 Å². The van der Waals surface area contributed by atoms with Crippen LogP contribution in [0.25, 0.3) is 22.6 Å². The third kappa shape index (κ3) is 3.20. The zero-order chi connectivity index (χ0) is 17.2. The van der Waals surface area contributed by atoms with Crippen molar-refractivity contribution in [3.63, 3.8) is 0 Å². The van der Waals surface area contributed by atoms with Crippen LogP contribution in [0.3, 0.4) is 0 Å². The molecule has 3 heterocycles. The van der Waals surface area contributed by atoms with Gasteiger partial charge >= 0.3 is 0 Å². The second-order valence-electron chi connectivity index (χ2n) is 5.69. The molecule has 1 unspecified atom stereocenters. The molecule has 0 fully saturated rings. The van der Waals surface area contributed by atoms with Crippen molar-refractivity contribution in [1.82, 2.24) is 19.9 Å². The molecule has 0 aliphatic carbocycles. The van der Waals surface area contributed by atoms with E-state index < -0.39 is 0 Å². The van der Waals surface area contributed by atoms with Gasteiger partial charge in [0.15, 0.2) is 5.82 Å². The van der Waals surface area contributed by atoms with Crippen molar-refractivity contribution >= 4 is 39.6 Å². The molecule has 126 valence electrons. The van der Waals surface area contributed by atoms with Crippen LogP contribution in [0.5, 0.6) is 0 Å². The molecule has 1 amide bonds. The molecule has 5 nitrogen and oxygen atoms in total. The average Bonchev–Trinajstić information content (AvgIpc) is 3.36. The predicted molar refractivity (Wildman–Crippen MR) is 102 cm³/mol. The fraction of sp³-hybridized carbons (Fsp3) is 0.167. The van der Waals surface area contributed by atoms with Crippen LogP contribution in [0.2, 0.25) is 0 Å². The molecule has 3 aromatic heterocycles. The fourth-order valence-electron chi connectivity index (χ4n) is 2.79. The molecule has 0 radical (unpaired) electrons. The Morgan fingerprint density at radius 2 is 2.16 bits per heavy atom. The highest BCUT2D eigenvalue weighted by molar-refractivity contribution is 7.10. The minimum atomic E-state index is -0.0412. The highest BCUT2D eigenvalue weighted by atomic mass is 32.1. The molecular weight excluding hydrogens is 352 g/mol. The number of benzene rings is 1. The van der Waals surface area contributed by atoms with Crippen molar-refractivity contribution in [3.8, 4) is 11.5 Å². The monoisotopic (exact) mass is 368 g/mol. The second-order valence-corrected chi connectivity index (χ2v) is 7.39. The van der Waals surface area contributed by atoms with E-state index >= 15 is 0 Å². The van der Waals surface area contributed by atoms with E-state index in [9.17, 15) is 4.79 Å². The predicted octanol–water partition coefficient (Wildman–Crippen LogP) is 4.10. The summed E-state index contributed by atoms with van der Waals surface area (Å²) in [6.45, 7) is 2.21. The number of fused-ring (bicyclic) bond motifs is 1. The molecule has 0 saturated carbocycles. The van der Waals surface area contributed by atoms with Crippen LogP contribution < -0.4 is 5.32 Å². The van der Waals surface area contributed by atoms with Gasteiger partial charge in [0, 0.05) is 10.3 Å². The minimum absolute atomic E-state index is 0.00925. The number of thiophene rings is 1. The Labute approximate surface area is 153 Å². The zero-order valence-electron chi connectivity index (χ0n) is 13.5. The number of hydrogen-bond acceptors (Lipinski definition) is 5. The van der Waals surface area contributed by atoms with E-state index in [1.807, 2.05) is 58.6 Å². The van der Waals surface area contributed by atoms with Gasteiger partial charge in [-0.1, -0.05) is 18.2 Å². The molecule has 0 bridgehead atoms. The lowest BCUT2D eigenvalue weighted by Crippen LogP contribution is -2.29. The smallest absolute Gasteiger partial charge is 0.240 e. The van der Waals surface area contributed by atoms with E-state index in [0.29, 0.717) is 0 Å². The molecule has 25 heavy (non-hydrogen) atoms. The van der Waals surface area contributed by atoms with Crippen LogP contribution in [0.1, 0.15) is 17.8 Å². The van der Waals surface area contributed by atoms with E-state index in [1.165, 1.54) is 11.3 Å². The molecule has 7 heteroatoms. The van der Waals surface area contributed by atoms with Gasteiger partial charge < -0.3 is 9.88 Å². The standard InChI is InChI=1S/C18H16N4OS2/c1-12(16-7-4-8-25-16)20-17(23)9-22-15-6-3-2-5-13(15)21-18(22)14-10-24-11-19-14/h2-8,10-12H,9H2,1H3,(H,20,23). The molecule has 0 aliphatic heterocycles. The third-order valence-corrected chi connectivity index (χ3v) is 5.61. The molecule has 0 spiro atoms. The number of thiazole rings is 1. The first kappa shape index (κ1) is 16.0. The Morgan fingerprint density at radius 1 is 1.28 bits per heavy atom.